The lowest BCUT2D eigenvalue weighted by Gasteiger charge is -2.56. The van der Waals surface area contributed by atoms with Gasteiger partial charge in [0.15, 0.2) is 0 Å². The van der Waals surface area contributed by atoms with Crippen LogP contribution in [0.25, 0.3) is 0 Å². The van der Waals surface area contributed by atoms with Gasteiger partial charge >= 0.3 is 0 Å². The largest absolute Gasteiger partial charge is 0.380 e. The van der Waals surface area contributed by atoms with Gasteiger partial charge in [0.2, 0.25) is 0 Å². The maximum absolute atomic E-state index is 3.94. The zero-order chi connectivity index (χ0) is 16.3. The molecule has 0 aliphatic carbocycles. The lowest BCUT2D eigenvalue weighted by Crippen LogP contribution is -2.62. The molecule has 5 rings (SSSR count). The highest BCUT2D eigenvalue weighted by Gasteiger charge is 2.49. The van der Waals surface area contributed by atoms with Crippen LogP contribution in [0.4, 0.5) is 5.69 Å². The molecule has 124 valence electrons. The Morgan fingerprint density at radius 2 is 1.75 bits per heavy atom. The third-order valence-corrected chi connectivity index (χ3v) is 6.84. The summed E-state index contributed by atoms with van der Waals surface area (Å²) in [6.45, 7) is 7.26. The summed E-state index contributed by atoms with van der Waals surface area (Å²) in [5.41, 5.74) is 6.18. The highest BCUT2D eigenvalue weighted by molar-refractivity contribution is 5.59. The summed E-state index contributed by atoms with van der Waals surface area (Å²) in [4.78, 5) is 2.72. The fourth-order valence-electron chi connectivity index (χ4n) is 5.51. The van der Waals surface area contributed by atoms with E-state index in [1.165, 1.54) is 36.2 Å². The number of para-hydroxylation sites is 1. The van der Waals surface area contributed by atoms with Gasteiger partial charge in [0.1, 0.15) is 0 Å². The molecule has 24 heavy (non-hydrogen) atoms. The van der Waals surface area contributed by atoms with Crippen LogP contribution < -0.4 is 5.32 Å². The van der Waals surface area contributed by atoms with Crippen molar-refractivity contribution in [2.24, 2.45) is 5.92 Å². The smallest absolute Gasteiger partial charge is 0.0457 e. The molecule has 0 saturated carbocycles. The molecular weight excluding hydrogens is 292 g/mol. The molecule has 1 N–H and O–H groups in total. The fraction of sp³-hybridized carbons (Fsp3) is 0.455. The SMILES string of the molecule is CC1(C)c2ccccc2N[C@@H]2[C@@H]3Cc4ccccc4CN3CC[C@@H]21. The second-order valence-corrected chi connectivity index (χ2v) is 8.34. The summed E-state index contributed by atoms with van der Waals surface area (Å²) in [7, 11) is 0. The summed E-state index contributed by atoms with van der Waals surface area (Å²) in [5, 5.41) is 3.94. The average Bonchev–Trinajstić information content (AvgIpc) is 2.60. The molecule has 2 heteroatoms. The van der Waals surface area contributed by atoms with E-state index in [0.29, 0.717) is 18.0 Å². The maximum Gasteiger partial charge on any atom is 0.0457 e. The van der Waals surface area contributed by atoms with Gasteiger partial charge in [-0.05, 0) is 53.5 Å². The predicted octanol–water partition coefficient (Wildman–Crippen LogP) is 4.21. The molecule has 0 radical (unpaired) electrons. The van der Waals surface area contributed by atoms with Gasteiger partial charge in [-0.15, -0.1) is 0 Å². The summed E-state index contributed by atoms with van der Waals surface area (Å²) in [6.07, 6.45) is 2.47. The minimum atomic E-state index is 0.246. The molecule has 1 fully saturated rings. The summed E-state index contributed by atoms with van der Waals surface area (Å²) >= 11 is 0. The number of anilines is 1. The summed E-state index contributed by atoms with van der Waals surface area (Å²) in [6, 6.07) is 19.1. The van der Waals surface area contributed by atoms with Gasteiger partial charge < -0.3 is 5.32 Å². The van der Waals surface area contributed by atoms with E-state index in [1.54, 1.807) is 5.56 Å². The van der Waals surface area contributed by atoms with Crippen molar-refractivity contribution in [3.8, 4) is 0 Å². The van der Waals surface area contributed by atoms with Crippen molar-refractivity contribution < 1.29 is 0 Å². The molecule has 3 aliphatic rings. The molecule has 0 spiro atoms. The van der Waals surface area contributed by atoms with Gasteiger partial charge in [0.05, 0.1) is 0 Å². The highest BCUT2D eigenvalue weighted by Crippen LogP contribution is 2.48. The van der Waals surface area contributed by atoms with Gasteiger partial charge in [-0.2, -0.15) is 0 Å². The first-order valence-corrected chi connectivity index (χ1v) is 9.31. The third kappa shape index (κ3) is 1.99. The highest BCUT2D eigenvalue weighted by atomic mass is 15.2. The summed E-state index contributed by atoms with van der Waals surface area (Å²) < 4.78 is 0. The standard InChI is InChI=1S/C22H26N2/c1-22(2)17-9-5-6-10-19(17)23-21-18(22)11-12-24-14-16-8-4-3-7-15(16)13-20(21)24/h3-10,18,20-21,23H,11-14H2,1-2H3/t18-,20-,21-/m0/s1. The second kappa shape index (κ2) is 5.10. The normalized spacial score (nSPS) is 30.3. The molecule has 2 aromatic carbocycles. The minimum Gasteiger partial charge on any atom is -0.380 e. The number of fused-ring (bicyclic) bond motifs is 5. The van der Waals surface area contributed by atoms with Crippen LogP contribution in [0.2, 0.25) is 0 Å². The van der Waals surface area contributed by atoms with Crippen LogP contribution in [0.5, 0.6) is 0 Å². The summed E-state index contributed by atoms with van der Waals surface area (Å²) in [5.74, 6) is 0.707. The Hall–Kier alpha value is -1.80. The molecule has 3 heterocycles. The number of piperidine rings is 1. The topological polar surface area (TPSA) is 15.3 Å². The van der Waals surface area contributed by atoms with E-state index in [9.17, 15) is 0 Å². The Balaban J connectivity index is 1.55. The Labute approximate surface area is 144 Å². The third-order valence-electron chi connectivity index (χ3n) is 6.84. The first-order valence-electron chi connectivity index (χ1n) is 9.31. The van der Waals surface area contributed by atoms with Crippen LogP contribution in [0.1, 0.15) is 37.0 Å². The quantitative estimate of drug-likeness (QED) is 0.783. The molecule has 3 aliphatic heterocycles. The number of hydrogen-bond acceptors (Lipinski definition) is 2. The first-order chi connectivity index (χ1) is 11.6. The monoisotopic (exact) mass is 318 g/mol. The number of nitrogens with zero attached hydrogens (tertiary/aromatic N) is 1. The van der Waals surface area contributed by atoms with Gasteiger partial charge in [-0.25, -0.2) is 0 Å². The van der Waals surface area contributed by atoms with Crippen LogP contribution >= 0.6 is 0 Å². The fourth-order valence-corrected chi connectivity index (χ4v) is 5.51. The van der Waals surface area contributed by atoms with E-state index < -0.39 is 0 Å². The van der Waals surface area contributed by atoms with Crippen LogP contribution in [0.3, 0.4) is 0 Å². The van der Waals surface area contributed by atoms with E-state index in [1.807, 2.05) is 0 Å². The minimum absolute atomic E-state index is 0.246. The lowest BCUT2D eigenvalue weighted by molar-refractivity contribution is 0.0493. The molecule has 2 aromatic rings. The van der Waals surface area contributed by atoms with Gasteiger partial charge in [0.25, 0.3) is 0 Å². The number of benzene rings is 2. The number of rotatable bonds is 0. The lowest BCUT2D eigenvalue weighted by atomic mass is 9.62. The predicted molar refractivity (Wildman–Crippen MR) is 99.3 cm³/mol. The van der Waals surface area contributed by atoms with Crippen LogP contribution in [0.15, 0.2) is 48.5 Å². The van der Waals surface area contributed by atoms with Gasteiger partial charge in [-0.1, -0.05) is 56.3 Å². The second-order valence-electron chi connectivity index (χ2n) is 8.34. The molecule has 0 unspecified atom stereocenters. The van der Waals surface area contributed by atoms with Crippen molar-refractivity contribution in [2.45, 2.75) is 50.7 Å². The van der Waals surface area contributed by atoms with Crippen molar-refractivity contribution >= 4 is 5.69 Å². The van der Waals surface area contributed by atoms with E-state index >= 15 is 0 Å². The Morgan fingerprint density at radius 3 is 2.62 bits per heavy atom. The zero-order valence-electron chi connectivity index (χ0n) is 14.6. The Bertz CT molecular complexity index is 779. The molecule has 2 nitrogen and oxygen atoms in total. The van der Waals surface area contributed by atoms with E-state index in [-0.39, 0.29) is 5.41 Å². The zero-order valence-corrected chi connectivity index (χ0v) is 14.6. The molecule has 0 aromatic heterocycles. The van der Waals surface area contributed by atoms with Crippen molar-refractivity contribution in [2.75, 3.05) is 11.9 Å². The molecule has 1 saturated heterocycles. The number of hydrogen-bond donors (Lipinski definition) is 1. The van der Waals surface area contributed by atoms with Crippen molar-refractivity contribution in [3.05, 3.63) is 65.2 Å². The van der Waals surface area contributed by atoms with E-state index in [0.717, 1.165) is 6.54 Å². The van der Waals surface area contributed by atoms with Gasteiger partial charge in [0, 0.05) is 24.3 Å². The molecular formula is C22H26N2. The van der Waals surface area contributed by atoms with Crippen LogP contribution in [-0.4, -0.2) is 23.5 Å². The van der Waals surface area contributed by atoms with Crippen LogP contribution in [0, 0.1) is 5.92 Å². The molecule has 3 atom stereocenters. The first kappa shape index (κ1) is 14.5. The Kier molecular flexibility index (Phi) is 3.09. The van der Waals surface area contributed by atoms with E-state index in [2.05, 4.69) is 72.6 Å². The van der Waals surface area contributed by atoms with Crippen LogP contribution in [-0.2, 0) is 18.4 Å². The maximum atomic E-state index is 3.94. The van der Waals surface area contributed by atoms with Crippen molar-refractivity contribution in [1.29, 1.82) is 0 Å². The Morgan fingerprint density at radius 1 is 1.00 bits per heavy atom. The van der Waals surface area contributed by atoms with Gasteiger partial charge in [-0.3, -0.25) is 4.90 Å². The molecule has 0 bridgehead atoms. The average molecular weight is 318 g/mol. The van der Waals surface area contributed by atoms with E-state index in [4.69, 9.17) is 0 Å². The van der Waals surface area contributed by atoms with Crippen molar-refractivity contribution in [1.82, 2.24) is 4.90 Å². The number of nitrogens with one attached hydrogen (secondary N) is 1. The molecule has 0 amide bonds. The van der Waals surface area contributed by atoms with Crippen molar-refractivity contribution in [3.63, 3.8) is 0 Å².